The molecule has 0 bridgehead atoms. The second-order valence-corrected chi connectivity index (χ2v) is 15.8. The van der Waals surface area contributed by atoms with Crippen LogP contribution in [0, 0.1) is 0 Å². The van der Waals surface area contributed by atoms with E-state index in [1.54, 1.807) is 51.2 Å². The lowest BCUT2D eigenvalue weighted by atomic mass is 9.81. The molecular weight excluding hydrogens is 561 g/mol. The van der Waals surface area contributed by atoms with Crippen molar-refractivity contribution in [3.8, 4) is 10.6 Å². The van der Waals surface area contributed by atoms with Gasteiger partial charge in [-0.05, 0) is 88.9 Å². The van der Waals surface area contributed by atoms with E-state index in [-0.39, 0.29) is 21.9 Å². The fourth-order valence-corrected chi connectivity index (χ4v) is 9.93. The van der Waals surface area contributed by atoms with Crippen molar-refractivity contribution in [3.05, 3.63) is 64.5 Å². The summed E-state index contributed by atoms with van der Waals surface area (Å²) in [5, 5.41) is 8.60. The summed E-state index contributed by atoms with van der Waals surface area (Å²) in [6.45, 7) is 9.86. The number of sulfonamides is 1. The molecule has 1 amide bonds. The Morgan fingerprint density at radius 1 is 0.975 bits per heavy atom. The van der Waals surface area contributed by atoms with Gasteiger partial charge in [0.2, 0.25) is 10.0 Å². The van der Waals surface area contributed by atoms with Crippen molar-refractivity contribution >= 4 is 53.8 Å². The lowest BCUT2D eigenvalue weighted by Crippen LogP contribution is -2.54. The summed E-state index contributed by atoms with van der Waals surface area (Å²) in [6, 6.07) is 14.4. The first kappa shape index (κ1) is 27.5. The first-order chi connectivity index (χ1) is 18.9. The van der Waals surface area contributed by atoms with Gasteiger partial charge in [0.15, 0.2) is 0 Å². The predicted molar refractivity (Wildman–Crippen MR) is 164 cm³/mol. The molecule has 210 valence electrons. The number of fused-ring (bicyclic) bond motifs is 2. The molecule has 1 fully saturated rings. The highest BCUT2D eigenvalue weighted by molar-refractivity contribution is 7.89. The summed E-state index contributed by atoms with van der Waals surface area (Å²) in [4.78, 5) is 19.9. The highest BCUT2D eigenvalue weighted by atomic mass is 32.2. The van der Waals surface area contributed by atoms with Crippen molar-refractivity contribution in [2.24, 2.45) is 0 Å². The van der Waals surface area contributed by atoms with E-state index in [0.29, 0.717) is 18.7 Å². The van der Waals surface area contributed by atoms with E-state index in [1.165, 1.54) is 10.4 Å². The number of aromatic nitrogens is 1. The number of para-hydroxylation sites is 1. The standard InChI is InChI=1S/C30H34N4O3S3/c1-29(2)18-21-24(27-31-22-10-6-7-11-23(22)38-27)28(39-25(21)30(3,4)33-29)32-26(35)19-12-14-20(15-13-19)40(36,37)34-16-8-5-9-17-34/h6-7,10-15,33H,5,8-9,16-18H2,1-4H3,(H,32,35). The van der Waals surface area contributed by atoms with Gasteiger partial charge < -0.3 is 10.6 Å². The van der Waals surface area contributed by atoms with Crippen molar-refractivity contribution in [2.75, 3.05) is 18.4 Å². The minimum absolute atomic E-state index is 0.125. The Balaban J connectivity index is 1.36. The maximum atomic E-state index is 13.5. The molecule has 0 unspecified atom stereocenters. The van der Waals surface area contributed by atoms with Crippen LogP contribution in [0.15, 0.2) is 53.4 Å². The number of rotatable bonds is 5. The van der Waals surface area contributed by atoms with Crippen LogP contribution >= 0.6 is 22.7 Å². The highest BCUT2D eigenvalue weighted by Crippen LogP contribution is 2.50. The Hall–Kier alpha value is -2.63. The number of thiazole rings is 1. The Labute approximate surface area is 243 Å². The van der Waals surface area contributed by atoms with Crippen molar-refractivity contribution < 1.29 is 13.2 Å². The topological polar surface area (TPSA) is 91.4 Å². The molecule has 2 aliphatic rings. The molecule has 10 heteroatoms. The average molecular weight is 595 g/mol. The van der Waals surface area contributed by atoms with Gasteiger partial charge in [0.25, 0.3) is 5.91 Å². The van der Waals surface area contributed by atoms with Crippen LogP contribution in [0.2, 0.25) is 0 Å². The molecule has 6 rings (SSSR count). The van der Waals surface area contributed by atoms with E-state index in [2.05, 4.69) is 44.4 Å². The average Bonchev–Trinajstić information content (AvgIpc) is 3.49. The second-order valence-electron chi connectivity index (χ2n) is 11.9. The van der Waals surface area contributed by atoms with Gasteiger partial charge >= 0.3 is 0 Å². The first-order valence-electron chi connectivity index (χ1n) is 13.7. The smallest absolute Gasteiger partial charge is 0.256 e. The summed E-state index contributed by atoms with van der Waals surface area (Å²) in [7, 11) is -3.56. The van der Waals surface area contributed by atoms with Gasteiger partial charge in [-0.3, -0.25) is 4.79 Å². The largest absolute Gasteiger partial charge is 0.313 e. The zero-order chi connectivity index (χ0) is 28.3. The number of carbonyl (C=O) groups is 1. The van der Waals surface area contributed by atoms with Gasteiger partial charge in [0, 0.05) is 40.2 Å². The number of carbonyl (C=O) groups excluding carboxylic acids is 1. The van der Waals surface area contributed by atoms with Gasteiger partial charge in [-0.1, -0.05) is 18.6 Å². The van der Waals surface area contributed by atoms with Crippen molar-refractivity contribution in [3.63, 3.8) is 0 Å². The van der Waals surface area contributed by atoms with E-state index < -0.39 is 10.0 Å². The summed E-state index contributed by atoms with van der Waals surface area (Å²) in [6.07, 6.45) is 3.63. The quantitative estimate of drug-likeness (QED) is 0.271. The molecule has 7 nitrogen and oxygen atoms in total. The molecule has 0 atom stereocenters. The molecule has 40 heavy (non-hydrogen) atoms. The molecule has 2 aliphatic heterocycles. The molecule has 0 radical (unpaired) electrons. The maximum absolute atomic E-state index is 13.5. The number of hydrogen-bond acceptors (Lipinski definition) is 7. The van der Waals surface area contributed by atoms with E-state index in [9.17, 15) is 13.2 Å². The number of piperidine rings is 1. The Morgan fingerprint density at radius 2 is 1.68 bits per heavy atom. The van der Waals surface area contributed by atoms with Gasteiger partial charge in [-0.15, -0.1) is 22.7 Å². The highest BCUT2D eigenvalue weighted by Gasteiger charge is 2.41. The Morgan fingerprint density at radius 3 is 2.38 bits per heavy atom. The molecule has 2 aromatic carbocycles. The molecule has 2 aromatic heterocycles. The number of benzene rings is 2. The molecule has 4 aromatic rings. The summed E-state index contributed by atoms with van der Waals surface area (Å²) < 4.78 is 28.8. The van der Waals surface area contributed by atoms with Crippen molar-refractivity contribution in [1.29, 1.82) is 0 Å². The minimum atomic E-state index is -3.56. The van der Waals surface area contributed by atoms with Crippen molar-refractivity contribution in [2.45, 2.75) is 69.4 Å². The van der Waals surface area contributed by atoms with Crippen LogP contribution < -0.4 is 10.6 Å². The van der Waals surface area contributed by atoms with Crippen molar-refractivity contribution in [1.82, 2.24) is 14.6 Å². The summed E-state index contributed by atoms with van der Waals surface area (Å²) in [5.41, 5.74) is 3.16. The van der Waals surface area contributed by atoms with Crippen LogP contribution in [-0.2, 0) is 22.0 Å². The maximum Gasteiger partial charge on any atom is 0.256 e. The monoisotopic (exact) mass is 594 g/mol. The van der Waals surface area contributed by atoms with E-state index in [0.717, 1.165) is 51.5 Å². The van der Waals surface area contributed by atoms with Crippen LogP contribution in [0.1, 0.15) is 67.8 Å². The van der Waals surface area contributed by atoms with Gasteiger partial charge in [0.1, 0.15) is 10.0 Å². The number of thiophene rings is 1. The van der Waals surface area contributed by atoms with Gasteiger partial charge in [0.05, 0.1) is 15.1 Å². The van der Waals surface area contributed by atoms with E-state index in [4.69, 9.17) is 4.98 Å². The second kappa shape index (κ2) is 10.0. The van der Waals surface area contributed by atoms with Crippen LogP contribution in [0.5, 0.6) is 0 Å². The SMILES string of the molecule is CC1(C)Cc2c(sc(NC(=O)c3ccc(S(=O)(=O)N4CCCCC4)cc3)c2-c2nc3ccccc3s2)C(C)(C)N1. The van der Waals surface area contributed by atoms with Crippen LogP contribution in [0.4, 0.5) is 5.00 Å². The van der Waals surface area contributed by atoms with Crippen LogP contribution in [0.25, 0.3) is 20.8 Å². The fraction of sp³-hybridized carbons (Fsp3) is 0.400. The van der Waals surface area contributed by atoms with E-state index in [1.807, 2.05) is 18.2 Å². The van der Waals surface area contributed by atoms with Crippen LogP contribution in [0.3, 0.4) is 0 Å². The molecule has 0 saturated carbocycles. The number of nitrogens with zero attached hydrogens (tertiary/aromatic N) is 2. The number of amides is 1. The number of nitrogens with one attached hydrogen (secondary N) is 2. The lowest BCUT2D eigenvalue weighted by Gasteiger charge is -2.42. The van der Waals surface area contributed by atoms with Gasteiger partial charge in [-0.2, -0.15) is 4.31 Å². The minimum Gasteiger partial charge on any atom is -0.313 e. The Bertz CT molecular complexity index is 1660. The summed E-state index contributed by atoms with van der Waals surface area (Å²) in [5.74, 6) is -0.270. The molecule has 0 spiro atoms. The normalized spacial score (nSPS) is 18.9. The third kappa shape index (κ3) is 5.00. The van der Waals surface area contributed by atoms with Gasteiger partial charge in [-0.25, -0.2) is 13.4 Å². The first-order valence-corrected chi connectivity index (χ1v) is 16.7. The molecule has 2 N–H and O–H groups in total. The van der Waals surface area contributed by atoms with E-state index >= 15 is 0 Å². The lowest BCUT2D eigenvalue weighted by molar-refractivity contribution is 0.102. The third-order valence-electron chi connectivity index (χ3n) is 7.65. The molecule has 4 heterocycles. The molecule has 0 aliphatic carbocycles. The summed E-state index contributed by atoms with van der Waals surface area (Å²) >= 11 is 3.23. The Kier molecular flexibility index (Phi) is 6.90. The predicted octanol–water partition coefficient (Wildman–Crippen LogP) is 6.61. The zero-order valence-corrected chi connectivity index (χ0v) is 25.7. The number of anilines is 1. The zero-order valence-electron chi connectivity index (χ0n) is 23.2. The number of hydrogen-bond donors (Lipinski definition) is 2. The fourth-order valence-electron chi connectivity index (χ4n) is 6.03. The molecular formula is C30H34N4O3S3. The molecule has 1 saturated heterocycles. The third-order valence-corrected chi connectivity index (χ3v) is 12.1. The van der Waals surface area contributed by atoms with Crippen LogP contribution in [-0.4, -0.2) is 42.2 Å².